The minimum atomic E-state index is -3.78. The number of aliphatic carboxylic acids is 1. The molecule has 0 amide bonds. The van der Waals surface area contributed by atoms with Crippen LogP contribution in [0.25, 0.3) is 0 Å². The second kappa shape index (κ2) is 5.12. The molecule has 0 radical (unpaired) electrons. The Morgan fingerprint density at radius 1 is 1.54 bits per heavy atom. The second-order valence-corrected chi connectivity index (χ2v) is 3.88. The van der Waals surface area contributed by atoms with Crippen molar-refractivity contribution in [3.05, 3.63) is 0 Å². The average molecular weight is 212 g/mol. The highest BCUT2D eigenvalue weighted by Crippen LogP contribution is 1.93. The maximum Gasteiger partial charge on any atom is 0.321 e. The zero-order valence-electron chi connectivity index (χ0n) is 7.02. The Balaban J connectivity index is 4.35. The summed E-state index contributed by atoms with van der Waals surface area (Å²) < 4.78 is 25.4. The molecule has 0 rings (SSSR count). The van der Waals surface area contributed by atoms with E-state index < -0.39 is 28.8 Å². The first-order valence-electron chi connectivity index (χ1n) is 3.47. The molecule has 4 N–H and O–H groups in total. The number of carboxylic acids is 1. The van der Waals surface area contributed by atoms with Crippen LogP contribution >= 0.6 is 0 Å². The van der Waals surface area contributed by atoms with E-state index in [1.807, 2.05) is 9.44 Å². The number of hydrogen-bond donors (Lipinski definition) is 4. The normalized spacial score (nSPS) is 14.0. The molecule has 0 heterocycles. The number of aliphatic hydroxyl groups excluding tert-OH is 1. The van der Waals surface area contributed by atoms with Crippen molar-refractivity contribution in [3.8, 4) is 0 Å². The van der Waals surface area contributed by atoms with E-state index in [0.29, 0.717) is 0 Å². The second-order valence-electron chi connectivity index (χ2n) is 2.23. The number of hydrogen-bond acceptors (Lipinski definition) is 4. The van der Waals surface area contributed by atoms with E-state index in [1.165, 1.54) is 0 Å². The molecule has 0 spiro atoms. The van der Waals surface area contributed by atoms with Gasteiger partial charge in [0.1, 0.15) is 6.04 Å². The van der Waals surface area contributed by atoms with Crippen LogP contribution in [0.5, 0.6) is 0 Å². The molecule has 0 aliphatic carbocycles. The number of rotatable bonds is 6. The van der Waals surface area contributed by atoms with Gasteiger partial charge in [-0.05, 0) is 6.42 Å². The van der Waals surface area contributed by atoms with Crippen molar-refractivity contribution in [2.45, 2.75) is 12.5 Å². The van der Waals surface area contributed by atoms with Gasteiger partial charge >= 0.3 is 5.97 Å². The van der Waals surface area contributed by atoms with Crippen LogP contribution in [-0.4, -0.2) is 44.3 Å². The standard InChI is InChI=1S/C5H12N2O5S/c1-6-13(11,12)7-4(2-3-8)5(9)10/h4,6-8H,2-3H2,1H3,(H,9,10)/t4-/m0/s1. The first-order valence-corrected chi connectivity index (χ1v) is 4.95. The summed E-state index contributed by atoms with van der Waals surface area (Å²) in [5.74, 6) is -1.33. The minimum Gasteiger partial charge on any atom is -0.480 e. The number of carbonyl (C=O) groups is 1. The molecule has 0 aromatic heterocycles. The molecule has 0 aromatic rings. The Morgan fingerprint density at radius 2 is 2.08 bits per heavy atom. The average Bonchev–Trinajstić information content (AvgIpc) is 2.03. The van der Waals surface area contributed by atoms with E-state index in [1.54, 1.807) is 0 Å². The Labute approximate surface area is 75.9 Å². The van der Waals surface area contributed by atoms with Crippen LogP contribution in [0, 0.1) is 0 Å². The van der Waals surface area contributed by atoms with Crippen molar-refractivity contribution in [2.75, 3.05) is 13.7 Å². The van der Waals surface area contributed by atoms with Crippen molar-refractivity contribution in [1.82, 2.24) is 9.44 Å². The van der Waals surface area contributed by atoms with Gasteiger partial charge in [0, 0.05) is 13.7 Å². The van der Waals surface area contributed by atoms with Gasteiger partial charge in [0.2, 0.25) is 0 Å². The van der Waals surface area contributed by atoms with E-state index in [2.05, 4.69) is 0 Å². The molecule has 78 valence electrons. The molecule has 0 unspecified atom stereocenters. The molecule has 0 bridgehead atoms. The number of carboxylic acid groups (broad SMARTS) is 1. The molecule has 7 nitrogen and oxygen atoms in total. The lowest BCUT2D eigenvalue weighted by atomic mass is 10.2. The summed E-state index contributed by atoms with van der Waals surface area (Å²) in [7, 11) is -2.62. The summed E-state index contributed by atoms with van der Waals surface area (Å²) in [5, 5.41) is 16.9. The van der Waals surface area contributed by atoms with Crippen LogP contribution in [-0.2, 0) is 15.0 Å². The van der Waals surface area contributed by atoms with Crippen molar-refractivity contribution in [3.63, 3.8) is 0 Å². The molecule has 0 aliphatic rings. The quantitative estimate of drug-likeness (QED) is 0.401. The lowest BCUT2D eigenvalue weighted by molar-refractivity contribution is -0.139. The Kier molecular flexibility index (Phi) is 4.85. The van der Waals surface area contributed by atoms with Crippen LogP contribution in [0.2, 0.25) is 0 Å². The highest BCUT2D eigenvalue weighted by Gasteiger charge is 2.21. The largest absolute Gasteiger partial charge is 0.480 e. The molecule has 0 aromatic carbocycles. The fourth-order valence-corrected chi connectivity index (χ4v) is 1.32. The lowest BCUT2D eigenvalue weighted by Gasteiger charge is -2.12. The van der Waals surface area contributed by atoms with Gasteiger partial charge in [0.15, 0.2) is 0 Å². The van der Waals surface area contributed by atoms with Crippen molar-refractivity contribution in [2.24, 2.45) is 0 Å². The molecular weight excluding hydrogens is 200 g/mol. The zero-order valence-corrected chi connectivity index (χ0v) is 7.84. The monoisotopic (exact) mass is 212 g/mol. The third-order valence-electron chi connectivity index (χ3n) is 1.28. The zero-order chi connectivity index (χ0) is 10.5. The van der Waals surface area contributed by atoms with Crippen molar-refractivity contribution >= 4 is 16.2 Å². The summed E-state index contributed by atoms with van der Waals surface area (Å²) in [5.41, 5.74) is 0. The van der Waals surface area contributed by atoms with E-state index in [9.17, 15) is 13.2 Å². The third-order valence-corrected chi connectivity index (χ3v) is 2.41. The van der Waals surface area contributed by atoms with Gasteiger partial charge < -0.3 is 10.2 Å². The Morgan fingerprint density at radius 3 is 2.38 bits per heavy atom. The van der Waals surface area contributed by atoms with E-state index >= 15 is 0 Å². The van der Waals surface area contributed by atoms with Gasteiger partial charge in [-0.3, -0.25) is 4.79 Å². The molecule has 13 heavy (non-hydrogen) atoms. The topological polar surface area (TPSA) is 116 Å². The number of nitrogens with one attached hydrogen (secondary N) is 2. The fourth-order valence-electron chi connectivity index (χ4n) is 0.608. The summed E-state index contributed by atoms with van der Waals surface area (Å²) >= 11 is 0. The molecule has 1 atom stereocenters. The predicted molar refractivity (Wildman–Crippen MR) is 44.2 cm³/mol. The van der Waals surface area contributed by atoms with E-state index in [4.69, 9.17) is 10.2 Å². The molecular formula is C5H12N2O5S. The highest BCUT2D eigenvalue weighted by atomic mass is 32.2. The molecule has 0 aliphatic heterocycles. The predicted octanol–water partition coefficient (Wildman–Crippen LogP) is -2.12. The summed E-state index contributed by atoms with van der Waals surface area (Å²) in [6, 6.07) is -1.30. The van der Waals surface area contributed by atoms with Gasteiger partial charge in [-0.1, -0.05) is 0 Å². The van der Waals surface area contributed by atoms with Crippen LogP contribution in [0.1, 0.15) is 6.42 Å². The highest BCUT2D eigenvalue weighted by molar-refractivity contribution is 7.87. The summed E-state index contributed by atoms with van der Waals surface area (Å²) in [6.07, 6.45) is -0.170. The molecule has 0 saturated heterocycles. The Hall–Kier alpha value is -0.700. The summed E-state index contributed by atoms with van der Waals surface area (Å²) in [4.78, 5) is 10.4. The Bertz CT molecular complexity index is 262. The SMILES string of the molecule is CNS(=O)(=O)N[C@@H](CCO)C(=O)O. The van der Waals surface area contributed by atoms with Crippen LogP contribution in [0.4, 0.5) is 0 Å². The smallest absolute Gasteiger partial charge is 0.321 e. The van der Waals surface area contributed by atoms with Crippen LogP contribution in [0.15, 0.2) is 0 Å². The molecule has 0 fully saturated rings. The van der Waals surface area contributed by atoms with Gasteiger partial charge in [-0.15, -0.1) is 0 Å². The fraction of sp³-hybridized carbons (Fsp3) is 0.800. The van der Waals surface area contributed by atoms with Gasteiger partial charge in [0.05, 0.1) is 0 Å². The maximum absolute atomic E-state index is 10.8. The van der Waals surface area contributed by atoms with Gasteiger partial charge in [-0.2, -0.15) is 13.1 Å². The van der Waals surface area contributed by atoms with Crippen molar-refractivity contribution in [1.29, 1.82) is 0 Å². The summed E-state index contributed by atoms with van der Waals surface area (Å²) in [6.45, 7) is -0.400. The first kappa shape index (κ1) is 12.3. The lowest BCUT2D eigenvalue weighted by Crippen LogP contribution is -2.45. The van der Waals surface area contributed by atoms with Crippen LogP contribution in [0.3, 0.4) is 0 Å². The van der Waals surface area contributed by atoms with Crippen LogP contribution < -0.4 is 9.44 Å². The van der Waals surface area contributed by atoms with Gasteiger partial charge in [-0.25, -0.2) is 4.72 Å². The van der Waals surface area contributed by atoms with E-state index in [-0.39, 0.29) is 6.42 Å². The third kappa shape index (κ3) is 4.78. The van der Waals surface area contributed by atoms with E-state index in [0.717, 1.165) is 7.05 Å². The van der Waals surface area contributed by atoms with Crippen molar-refractivity contribution < 1.29 is 23.4 Å². The molecule has 0 saturated carbocycles. The number of aliphatic hydroxyl groups is 1. The maximum atomic E-state index is 10.8. The first-order chi connectivity index (χ1) is 5.93. The molecule has 8 heteroatoms. The van der Waals surface area contributed by atoms with Gasteiger partial charge in [0.25, 0.3) is 10.2 Å². The minimum absolute atomic E-state index is 0.170.